The number of aryl methyl sites for hydroxylation is 1. The smallest absolute Gasteiger partial charge is 0.306 e. The van der Waals surface area contributed by atoms with E-state index in [4.69, 9.17) is 4.74 Å². The van der Waals surface area contributed by atoms with Gasteiger partial charge in [0.2, 0.25) is 5.91 Å². The number of nitrogens with zero attached hydrogens (tertiary/aromatic N) is 3. The lowest BCUT2D eigenvalue weighted by Crippen LogP contribution is -2.49. The number of amides is 2. The van der Waals surface area contributed by atoms with Crippen LogP contribution in [0, 0.1) is 30.6 Å². The third-order valence-electron chi connectivity index (χ3n) is 11.3. The monoisotopic (exact) mass is 752 g/mol. The van der Waals surface area contributed by atoms with Gasteiger partial charge in [-0.1, -0.05) is 70.4 Å². The summed E-state index contributed by atoms with van der Waals surface area (Å²) in [6.07, 6.45) is 6.31. The van der Waals surface area contributed by atoms with Crippen LogP contribution in [0.1, 0.15) is 125 Å². The predicted octanol–water partition coefficient (Wildman–Crippen LogP) is 6.63. The van der Waals surface area contributed by atoms with Gasteiger partial charge in [-0.05, 0) is 75.9 Å². The van der Waals surface area contributed by atoms with Crippen LogP contribution in [0.2, 0.25) is 0 Å². The average Bonchev–Trinajstić information content (AvgIpc) is 3.59. The molecule has 6 atom stereocenters. The van der Waals surface area contributed by atoms with Crippen molar-refractivity contribution in [2.24, 2.45) is 23.7 Å². The Morgan fingerprint density at radius 3 is 2.32 bits per heavy atom. The maximum atomic E-state index is 14.3. The number of carboxylic acids is 1. The molecule has 1 saturated carbocycles. The first-order chi connectivity index (χ1) is 25.2. The molecule has 12 heteroatoms. The van der Waals surface area contributed by atoms with Gasteiger partial charge in [0.15, 0.2) is 11.9 Å². The Balaban J connectivity index is 1.50. The molecule has 53 heavy (non-hydrogen) atoms. The topological polar surface area (TPSA) is 146 Å². The number of rotatable bonds is 19. The van der Waals surface area contributed by atoms with E-state index in [0.717, 1.165) is 62.7 Å². The van der Waals surface area contributed by atoms with E-state index in [1.165, 1.54) is 18.3 Å². The number of hydrogen-bond donors (Lipinski definition) is 2. The molecule has 292 valence electrons. The molecule has 2 heterocycles. The molecule has 0 bridgehead atoms. The zero-order chi connectivity index (χ0) is 38.8. The highest BCUT2D eigenvalue weighted by molar-refractivity contribution is 7.09. The molecule has 0 spiro atoms. The van der Waals surface area contributed by atoms with Crippen LogP contribution in [-0.2, 0) is 30.3 Å². The summed E-state index contributed by atoms with van der Waals surface area (Å²) in [5.41, 5.74) is 2.23. The van der Waals surface area contributed by atoms with E-state index in [0.29, 0.717) is 11.4 Å². The fourth-order valence-electron chi connectivity index (χ4n) is 7.83. The van der Waals surface area contributed by atoms with Gasteiger partial charge < -0.3 is 20.1 Å². The Hall–Kier alpha value is -3.64. The Bertz CT molecular complexity index is 1560. The highest BCUT2D eigenvalue weighted by atomic mass is 32.1. The average molecular weight is 753 g/mol. The van der Waals surface area contributed by atoms with Crippen LogP contribution in [0.5, 0.6) is 0 Å². The number of aromatic nitrogens is 1. The molecule has 2 aliphatic rings. The van der Waals surface area contributed by atoms with Crippen molar-refractivity contribution in [1.82, 2.24) is 20.1 Å². The molecule has 2 amide bonds. The van der Waals surface area contributed by atoms with Crippen LogP contribution in [0.4, 0.5) is 0 Å². The van der Waals surface area contributed by atoms with E-state index in [1.807, 2.05) is 45.0 Å². The summed E-state index contributed by atoms with van der Waals surface area (Å²) in [4.78, 5) is 74.3. The number of piperidine rings is 1. The summed E-state index contributed by atoms with van der Waals surface area (Å²) < 4.78 is 5.81. The summed E-state index contributed by atoms with van der Waals surface area (Å²) in [5.74, 6) is -2.64. The third kappa shape index (κ3) is 11.7. The molecule has 1 aliphatic heterocycles. The lowest BCUT2D eigenvalue weighted by molar-refractivity contribution is -0.150. The molecule has 4 rings (SSSR count). The minimum absolute atomic E-state index is 0.00448. The van der Waals surface area contributed by atoms with Crippen LogP contribution in [0.25, 0.3) is 0 Å². The van der Waals surface area contributed by atoms with Gasteiger partial charge in [0.25, 0.3) is 5.91 Å². The number of nitrogens with one attached hydrogen (secondary N) is 1. The van der Waals surface area contributed by atoms with Gasteiger partial charge in [-0.25, -0.2) is 4.98 Å². The van der Waals surface area contributed by atoms with Gasteiger partial charge in [0, 0.05) is 50.2 Å². The minimum atomic E-state index is -0.936. The van der Waals surface area contributed by atoms with Crippen molar-refractivity contribution in [1.29, 1.82) is 0 Å². The molecule has 11 nitrogen and oxygen atoms in total. The quantitative estimate of drug-likeness (QED) is 0.151. The number of carbonyl (C=O) groups is 5. The van der Waals surface area contributed by atoms with Crippen molar-refractivity contribution in [3.63, 3.8) is 0 Å². The van der Waals surface area contributed by atoms with E-state index in [1.54, 1.807) is 24.3 Å². The first kappa shape index (κ1) is 42.1. The summed E-state index contributed by atoms with van der Waals surface area (Å²) in [6.45, 7) is 12.8. The number of esters is 1. The molecular formula is C41H60N4O7S. The number of likely N-dealkylation sites (tertiary alicyclic amines) is 1. The molecule has 1 aliphatic carbocycles. The Labute approximate surface area is 319 Å². The number of ether oxygens (including phenoxy) is 1. The number of likely N-dealkylation sites (N-methyl/N-ethyl adjacent to an activating group) is 1. The van der Waals surface area contributed by atoms with Gasteiger partial charge in [0.05, 0.1) is 12.0 Å². The molecule has 1 aromatic heterocycles. The second-order valence-electron chi connectivity index (χ2n) is 15.6. The predicted molar refractivity (Wildman–Crippen MR) is 206 cm³/mol. The molecule has 1 aromatic carbocycles. The van der Waals surface area contributed by atoms with Crippen molar-refractivity contribution < 1.29 is 33.8 Å². The normalized spacial score (nSPS) is 19.4. The molecule has 0 unspecified atom stereocenters. The zero-order valence-electron chi connectivity index (χ0n) is 32.6. The fraction of sp³-hybridized carbons (Fsp3) is 0.659. The molecular weight excluding hydrogens is 693 g/mol. The standard InChI is InChI=1S/C41H60N4O7S/c1-8-45-19-10-9-14-34(45)36(47)22-32(30-12-11-13-30)40(49)44(7)35(25(2)3)23-37(52-28(6)46)39-43-33(24-53-39)38(48)42-31(20-27(5)41(50)51)21-29-17-15-26(4)16-18-29/h15-18,24-25,27,30-32,34-35,37H,8-14,19-23H2,1-7H3,(H,42,48)(H,50,51)/t27-,31+,32-,34+,35+,37+/m0/s1. The van der Waals surface area contributed by atoms with Crippen molar-refractivity contribution in [2.45, 2.75) is 130 Å². The largest absolute Gasteiger partial charge is 0.481 e. The number of hydrogen-bond acceptors (Lipinski definition) is 9. The second-order valence-corrected chi connectivity index (χ2v) is 16.5. The van der Waals surface area contributed by atoms with Crippen LogP contribution >= 0.6 is 11.3 Å². The molecule has 2 fully saturated rings. The van der Waals surface area contributed by atoms with E-state index in [2.05, 4.69) is 22.1 Å². The molecule has 1 saturated heterocycles. The third-order valence-corrected chi connectivity index (χ3v) is 12.2. The Morgan fingerprint density at radius 1 is 1.04 bits per heavy atom. The van der Waals surface area contributed by atoms with Crippen LogP contribution in [0.15, 0.2) is 29.6 Å². The van der Waals surface area contributed by atoms with E-state index in [9.17, 15) is 29.1 Å². The van der Waals surface area contributed by atoms with Gasteiger partial charge in [-0.3, -0.25) is 28.9 Å². The summed E-state index contributed by atoms with van der Waals surface area (Å²) >= 11 is 1.21. The van der Waals surface area contributed by atoms with Crippen molar-refractivity contribution >= 4 is 40.9 Å². The van der Waals surface area contributed by atoms with Crippen molar-refractivity contribution in [2.75, 3.05) is 20.1 Å². The van der Waals surface area contributed by atoms with Crippen LogP contribution in [0.3, 0.4) is 0 Å². The summed E-state index contributed by atoms with van der Waals surface area (Å²) in [5, 5.41) is 14.6. The number of thiazole rings is 1. The Morgan fingerprint density at radius 2 is 1.74 bits per heavy atom. The molecule has 2 aromatic rings. The van der Waals surface area contributed by atoms with E-state index < -0.39 is 35.9 Å². The van der Waals surface area contributed by atoms with Crippen molar-refractivity contribution in [3.05, 3.63) is 51.5 Å². The van der Waals surface area contributed by atoms with Gasteiger partial charge in [-0.2, -0.15) is 0 Å². The first-order valence-electron chi connectivity index (χ1n) is 19.4. The number of aliphatic carboxylic acids is 1. The van der Waals surface area contributed by atoms with E-state index >= 15 is 0 Å². The maximum Gasteiger partial charge on any atom is 0.306 e. The minimum Gasteiger partial charge on any atom is -0.481 e. The number of carbonyl (C=O) groups excluding carboxylic acids is 4. The van der Waals surface area contributed by atoms with E-state index in [-0.39, 0.29) is 66.5 Å². The van der Waals surface area contributed by atoms with Gasteiger partial charge >= 0.3 is 11.9 Å². The van der Waals surface area contributed by atoms with Gasteiger partial charge in [0.1, 0.15) is 10.7 Å². The molecule has 0 radical (unpaired) electrons. The zero-order valence-corrected chi connectivity index (χ0v) is 33.5. The van der Waals surface area contributed by atoms with Crippen molar-refractivity contribution in [3.8, 4) is 0 Å². The Kier molecular flexibility index (Phi) is 15.6. The summed E-state index contributed by atoms with van der Waals surface area (Å²) in [7, 11) is 1.79. The number of benzene rings is 1. The fourth-order valence-corrected chi connectivity index (χ4v) is 8.67. The lowest BCUT2D eigenvalue weighted by atomic mass is 9.72. The first-order valence-corrected chi connectivity index (χ1v) is 20.3. The maximum absolute atomic E-state index is 14.3. The van der Waals surface area contributed by atoms with Crippen LogP contribution in [-0.4, -0.2) is 87.7 Å². The SMILES string of the molecule is CCN1CCCC[C@@H]1C(=O)C[C@H](C(=O)N(C)[C@H](C[C@@H](OC(C)=O)c1nc(C(=O)N[C@@H](Cc2ccc(C)cc2)C[C@H](C)C(=O)O)cs1)C(C)C)C1CCC1. The number of Topliss-reactive ketones (excluding diaryl/α,β-unsaturated/α-hetero) is 1. The second kappa shape index (κ2) is 19.6. The number of ketones is 1. The number of carboxylic acid groups (broad SMARTS) is 1. The summed E-state index contributed by atoms with van der Waals surface area (Å²) in [6, 6.07) is 7.00. The highest BCUT2D eigenvalue weighted by Gasteiger charge is 2.41. The lowest BCUT2D eigenvalue weighted by Gasteiger charge is -2.40. The molecule has 2 N–H and O–H groups in total. The highest BCUT2D eigenvalue weighted by Crippen LogP contribution is 2.39. The van der Waals surface area contributed by atoms with Crippen LogP contribution < -0.4 is 5.32 Å². The van der Waals surface area contributed by atoms with Gasteiger partial charge in [-0.15, -0.1) is 11.3 Å².